The number of carbonyl (C=O) groups is 1. The molecule has 1 aliphatic rings. The van der Waals surface area contributed by atoms with E-state index in [4.69, 9.17) is 4.74 Å². The normalized spacial score (nSPS) is 19.4. The van der Waals surface area contributed by atoms with Gasteiger partial charge in [0.15, 0.2) is 5.78 Å². The molecule has 86 valence electrons. The van der Waals surface area contributed by atoms with E-state index >= 15 is 0 Å². The molecule has 0 aromatic heterocycles. The molecule has 2 rings (SSSR count). The predicted molar refractivity (Wildman–Crippen MR) is 67.3 cm³/mol. The van der Waals surface area contributed by atoms with Gasteiger partial charge < -0.3 is 4.74 Å². The molecule has 1 aromatic carbocycles. The number of carbonyl (C=O) groups excluding carboxylic acids is 1. The number of ketones is 1. The van der Waals surface area contributed by atoms with Crippen LogP contribution in [-0.4, -0.2) is 17.6 Å². The van der Waals surface area contributed by atoms with Gasteiger partial charge in [0.2, 0.25) is 0 Å². The highest BCUT2D eigenvalue weighted by Gasteiger charge is 2.26. The number of hydrogen-bond acceptors (Lipinski definition) is 3. The summed E-state index contributed by atoms with van der Waals surface area (Å²) >= 11 is 1.74. The van der Waals surface area contributed by atoms with Gasteiger partial charge in [0.1, 0.15) is 5.75 Å². The van der Waals surface area contributed by atoms with Crippen molar-refractivity contribution in [1.82, 2.24) is 0 Å². The Bertz CT molecular complexity index is 401. The van der Waals surface area contributed by atoms with E-state index in [1.54, 1.807) is 11.8 Å². The number of Topliss-reactive ketones (excluding diaryl/α,β-unsaturated/α-hetero) is 1. The van der Waals surface area contributed by atoms with Gasteiger partial charge in [0.05, 0.1) is 11.9 Å². The van der Waals surface area contributed by atoms with Crippen molar-refractivity contribution in [2.45, 2.75) is 31.3 Å². The summed E-state index contributed by atoms with van der Waals surface area (Å²) < 4.78 is 5.43. The SMILES string of the molecule is CCOc1ccc2c(c1)C(=O)C(CC)SC2. The van der Waals surface area contributed by atoms with Crippen molar-refractivity contribution >= 4 is 17.5 Å². The maximum atomic E-state index is 12.1. The molecule has 0 saturated carbocycles. The van der Waals surface area contributed by atoms with Crippen LogP contribution in [-0.2, 0) is 5.75 Å². The molecule has 1 aromatic rings. The first kappa shape index (κ1) is 11.5. The van der Waals surface area contributed by atoms with E-state index < -0.39 is 0 Å². The zero-order valence-corrected chi connectivity index (χ0v) is 10.5. The number of rotatable bonds is 3. The maximum Gasteiger partial charge on any atom is 0.176 e. The average molecular weight is 236 g/mol. The van der Waals surface area contributed by atoms with Gasteiger partial charge in [-0.1, -0.05) is 13.0 Å². The maximum absolute atomic E-state index is 12.1. The first-order valence-corrected chi connectivity index (χ1v) is 6.72. The lowest BCUT2D eigenvalue weighted by Crippen LogP contribution is -2.22. The first-order valence-electron chi connectivity index (χ1n) is 5.67. The zero-order chi connectivity index (χ0) is 11.5. The lowest BCUT2D eigenvalue weighted by molar-refractivity contribution is 0.0985. The minimum Gasteiger partial charge on any atom is -0.494 e. The van der Waals surface area contributed by atoms with Crippen molar-refractivity contribution in [1.29, 1.82) is 0 Å². The second kappa shape index (κ2) is 4.91. The van der Waals surface area contributed by atoms with Crippen LogP contribution in [0.2, 0.25) is 0 Å². The van der Waals surface area contributed by atoms with Crippen LogP contribution in [0.1, 0.15) is 36.2 Å². The Balaban J connectivity index is 2.33. The molecular weight excluding hydrogens is 220 g/mol. The van der Waals surface area contributed by atoms with Crippen LogP contribution in [0.25, 0.3) is 0 Å². The number of ether oxygens (including phenoxy) is 1. The summed E-state index contributed by atoms with van der Waals surface area (Å²) in [5.41, 5.74) is 2.00. The summed E-state index contributed by atoms with van der Waals surface area (Å²) in [5.74, 6) is 2.00. The van der Waals surface area contributed by atoms with E-state index in [2.05, 4.69) is 6.92 Å². The van der Waals surface area contributed by atoms with Crippen molar-refractivity contribution in [3.8, 4) is 5.75 Å². The van der Waals surface area contributed by atoms with Crippen LogP contribution in [0.5, 0.6) is 5.75 Å². The lowest BCUT2D eigenvalue weighted by atomic mass is 10.0. The summed E-state index contributed by atoms with van der Waals surface area (Å²) in [5, 5.41) is 0.129. The number of hydrogen-bond donors (Lipinski definition) is 0. The fraction of sp³-hybridized carbons (Fsp3) is 0.462. The standard InChI is InChI=1S/C13H16O2S/c1-3-12-13(14)11-7-10(15-4-2)6-5-9(11)8-16-12/h5-7,12H,3-4,8H2,1-2H3. The third kappa shape index (κ3) is 2.09. The molecule has 0 amide bonds. The Hall–Kier alpha value is -0.960. The van der Waals surface area contributed by atoms with Crippen LogP contribution in [0, 0.1) is 0 Å². The second-order valence-electron chi connectivity index (χ2n) is 3.82. The molecule has 3 heteroatoms. The zero-order valence-electron chi connectivity index (χ0n) is 9.66. The molecule has 2 nitrogen and oxygen atoms in total. The van der Waals surface area contributed by atoms with Crippen molar-refractivity contribution in [3.63, 3.8) is 0 Å². The Morgan fingerprint density at radius 1 is 1.44 bits per heavy atom. The van der Waals surface area contributed by atoms with Crippen molar-refractivity contribution in [2.24, 2.45) is 0 Å². The van der Waals surface area contributed by atoms with Crippen LogP contribution in [0.4, 0.5) is 0 Å². The molecule has 0 spiro atoms. The highest BCUT2D eigenvalue weighted by Crippen LogP contribution is 2.33. The van der Waals surface area contributed by atoms with Crippen LogP contribution >= 0.6 is 11.8 Å². The van der Waals surface area contributed by atoms with E-state index in [0.29, 0.717) is 6.61 Å². The highest BCUT2D eigenvalue weighted by atomic mass is 32.2. The van der Waals surface area contributed by atoms with Crippen LogP contribution in [0.3, 0.4) is 0 Å². The molecular formula is C13H16O2S. The highest BCUT2D eigenvalue weighted by molar-refractivity contribution is 8.00. The summed E-state index contributed by atoms with van der Waals surface area (Å²) in [4.78, 5) is 12.1. The first-order chi connectivity index (χ1) is 7.76. The number of thioether (sulfide) groups is 1. The number of fused-ring (bicyclic) bond motifs is 1. The Labute approximate surface area is 100 Å². The fourth-order valence-corrected chi connectivity index (χ4v) is 3.06. The molecule has 1 unspecified atom stereocenters. The van der Waals surface area contributed by atoms with Crippen molar-refractivity contribution < 1.29 is 9.53 Å². The van der Waals surface area contributed by atoms with E-state index in [-0.39, 0.29) is 11.0 Å². The van der Waals surface area contributed by atoms with Gasteiger partial charge in [-0.25, -0.2) is 0 Å². The second-order valence-corrected chi connectivity index (χ2v) is 5.02. The van der Waals surface area contributed by atoms with Gasteiger partial charge in [0, 0.05) is 11.3 Å². The van der Waals surface area contributed by atoms with Gasteiger partial charge >= 0.3 is 0 Å². The quantitative estimate of drug-likeness (QED) is 0.805. The van der Waals surface area contributed by atoms with E-state index in [1.165, 1.54) is 0 Å². The van der Waals surface area contributed by atoms with E-state index in [1.807, 2.05) is 25.1 Å². The third-order valence-electron chi connectivity index (χ3n) is 2.76. The van der Waals surface area contributed by atoms with Crippen LogP contribution in [0.15, 0.2) is 18.2 Å². The summed E-state index contributed by atoms with van der Waals surface area (Å²) in [6.07, 6.45) is 0.905. The van der Waals surface area contributed by atoms with Gasteiger partial charge in [-0.2, -0.15) is 0 Å². The fourth-order valence-electron chi connectivity index (χ4n) is 1.91. The molecule has 0 fully saturated rings. The molecule has 0 radical (unpaired) electrons. The summed E-state index contributed by atoms with van der Waals surface area (Å²) in [7, 11) is 0. The Morgan fingerprint density at radius 2 is 2.25 bits per heavy atom. The topological polar surface area (TPSA) is 26.3 Å². The minimum absolute atomic E-state index is 0.129. The smallest absolute Gasteiger partial charge is 0.176 e. The predicted octanol–water partition coefficient (Wildman–Crippen LogP) is 3.29. The average Bonchev–Trinajstić information content (AvgIpc) is 2.31. The van der Waals surface area contributed by atoms with E-state index in [0.717, 1.165) is 29.1 Å². The van der Waals surface area contributed by atoms with Gasteiger partial charge in [-0.05, 0) is 31.0 Å². The molecule has 16 heavy (non-hydrogen) atoms. The molecule has 0 saturated heterocycles. The van der Waals surface area contributed by atoms with Gasteiger partial charge in [-0.3, -0.25) is 4.79 Å². The Kier molecular flexibility index (Phi) is 3.54. The number of benzene rings is 1. The molecule has 1 heterocycles. The monoisotopic (exact) mass is 236 g/mol. The van der Waals surface area contributed by atoms with Gasteiger partial charge in [0.25, 0.3) is 0 Å². The molecule has 0 aliphatic carbocycles. The van der Waals surface area contributed by atoms with Crippen LogP contribution < -0.4 is 4.74 Å². The minimum atomic E-state index is 0.129. The van der Waals surface area contributed by atoms with Crippen molar-refractivity contribution in [2.75, 3.05) is 6.61 Å². The largest absolute Gasteiger partial charge is 0.494 e. The van der Waals surface area contributed by atoms with Crippen molar-refractivity contribution in [3.05, 3.63) is 29.3 Å². The lowest BCUT2D eigenvalue weighted by Gasteiger charge is -2.22. The molecule has 1 atom stereocenters. The van der Waals surface area contributed by atoms with E-state index in [9.17, 15) is 4.79 Å². The third-order valence-corrected chi connectivity index (χ3v) is 4.19. The summed E-state index contributed by atoms with van der Waals surface area (Å²) in [6, 6.07) is 5.85. The summed E-state index contributed by atoms with van der Waals surface area (Å²) in [6.45, 7) is 4.65. The molecule has 0 bridgehead atoms. The molecule has 1 aliphatic heterocycles. The van der Waals surface area contributed by atoms with Gasteiger partial charge in [-0.15, -0.1) is 11.8 Å². The Morgan fingerprint density at radius 3 is 2.94 bits per heavy atom. The molecule has 0 N–H and O–H groups in total.